The molecule has 0 saturated carbocycles. The number of rotatable bonds is 9. The summed E-state index contributed by atoms with van der Waals surface area (Å²) in [6.45, 7) is 1.72. The molecule has 0 spiro atoms. The van der Waals surface area contributed by atoms with Gasteiger partial charge in [0.15, 0.2) is 11.7 Å². The van der Waals surface area contributed by atoms with E-state index in [0.717, 1.165) is 24.8 Å². The first-order valence-electron chi connectivity index (χ1n) is 9.92. The fraction of sp³-hybridized carbons (Fsp3) is 0.238. The number of amides is 1. The van der Waals surface area contributed by atoms with E-state index in [1.807, 2.05) is 0 Å². The SMILES string of the molecule is O=C(COc1ccc(Cl)c(F)c1)NCC1CN(c2ccc(S(=O)(=O)Nc3nccs3)cc2)C1. The zero-order valence-electron chi connectivity index (χ0n) is 17.2. The minimum atomic E-state index is -3.68. The number of carbonyl (C=O) groups is 1. The summed E-state index contributed by atoms with van der Waals surface area (Å²) < 4.78 is 45.9. The molecule has 0 unspecified atom stereocenters. The third-order valence-electron chi connectivity index (χ3n) is 4.97. The Labute approximate surface area is 199 Å². The molecule has 0 radical (unpaired) electrons. The molecule has 2 heterocycles. The molecule has 1 aliphatic rings. The number of hydrogen-bond donors (Lipinski definition) is 2. The maximum atomic E-state index is 13.4. The quantitative estimate of drug-likeness (QED) is 0.458. The highest BCUT2D eigenvalue weighted by Gasteiger charge is 2.27. The number of nitrogens with one attached hydrogen (secondary N) is 2. The van der Waals surface area contributed by atoms with E-state index in [-0.39, 0.29) is 34.1 Å². The molecule has 1 fully saturated rings. The lowest BCUT2D eigenvalue weighted by atomic mass is 9.99. The van der Waals surface area contributed by atoms with Gasteiger partial charge in [-0.15, -0.1) is 11.3 Å². The number of thiazole rings is 1. The van der Waals surface area contributed by atoms with Gasteiger partial charge in [-0.05, 0) is 36.4 Å². The summed E-state index contributed by atoms with van der Waals surface area (Å²) in [6, 6.07) is 10.6. The van der Waals surface area contributed by atoms with Gasteiger partial charge in [-0.25, -0.2) is 17.8 Å². The Bertz CT molecular complexity index is 1220. The van der Waals surface area contributed by atoms with Crippen LogP contribution in [0.15, 0.2) is 58.9 Å². The number of aromatic nitrogens is 1. The van der Waals surface area contributed by atoms with E-state index in [2.05, 4.69) is 19.9 Å². The van der Waals surface area contributed by atoms with Crippen LogP contribution in [0.2, 0.25) is 5.02 Å². The summed E-state index contributed by atoms with van der Waals surface area (Å²) in [4.78, 5) is 18.2. The summed E-state index contributed by atoms with van der Waals surface area (Å²) in [5, 5.41) is 4.80. The first kappa shape index (κ1) is 23.3. The van der Waals surface area contributed by atoms with Crippen molar-refractivity contribution in [1.29, 1.82) is 0 Å². The Hall–Kier alpha value is -2.89. The molecular formula is C21H20ClFN4O4S2. The van der Waals surface area contributed by atoms with Gasteiger partial charge in [-0.1, -0.05) is 11.6 Å². The number of ether oxygens (including phenoxy) is 1. The predicted octanol–water partition coefficient (Wildman–Crippen LogP) is 3.37. The van der Waals surface area contributed by atoms with E-state index >= 15 is 0 Å². The fourth-order valence-electron chi connectivity index (χ4n) is 3.22. The summed E-state index contributed by atoms with van der Waals surface area (Å²) in [5.41, 5.74) is 0.902. The third kappa shape index (κ3) is 5.92. The molecule has 0 atom stereocenters. The summed E-state index contributed by atoms with van der Waals surface area (Å²) in [5.74, 6) is -0.414. The van der Waals surface area contributed by atoms with Crippen LogP contribution in [0.25, 0.3) is 0 Å². The van der Waals surface area contributed by atoms with Crippen molar-refractivity contribution in [3.63, 3.8) is 0 Å². The molecule has 0 aliphatic carbocycles. The van der Waals surface area contributed by atoms with Gasteiger partial charge in [0, 0.05) is 48.9 Å². The maximum absolute atomic E-state index is 13.4. The Morgan fingerprint density at radius 3 is 2.67 bits per heavy atom. The van der Waals surface area contributed by atoms with Crippen LogP contribution in [-0.4, -0.2) is 45.6 Å². The molecule has 1 amide bonds. The molecule has 0 bridgehead atoms. The van der Waals surface area contributed by atoms with Crippen LogP contribution in [-0.2, 0) is 14.8 Å². The van der Waals surface area contributed by atoms with E-state index in [9.17, 15) is 17.6 Å². The molecule has 33 heavy (non-hydrogen) atoms. The van der Waals surface area contributed by atoms with Gasteiger partial charge in [0.1, 0.15) is 11.6 Å². The molecule has 174 valence electrons. The molecule has 2 aromatic carbocycles. The fourth-order valence-corrected chi connectivity index (χ4v) is 5.12. The molecule has 12 heteroatoms. The van der Waals surface area contributed by atoms with Crippen LogP contribution in [0.4, 0.5) is 15.2 Å². The van der Waals surface area contributed by atoms with Crippen molar-refractivity contribution in [2.24, 2.45) is 5.92 Å². The standard InChI is InChI=1S/C21H20ClFN4O4S2/c22-18-6-3-16(9-19(18)23)31-13-20(28)25-10-14-11-27(12-14)15-1-4-17(5-2-15)33(29,30)26-21-24-7-8-32-21/h1-9,14H,10-13H2,(H,24,26)(H,25,28). The first-order chi connectivity index (χ1) is 15.8. The van der Waals surface area contributed by atoms with Crippen molar-refractivity contribution in [2.75, 3.05) is 35.9 Å². The zero-order valence-corrected chi connectivity index (χ0v) is 19.6. The molecule has 2 N–H and O–H groups in total. The predicted molar refractivity (Wildman–Crippen MR) is 125 cm³/mol. The Balaban J connectivity index is 1.20. The lowest BCUT2D eigenvalue weighted by molar-refractivity contribution is -0.123. The van der Waals surface area contributed by atoms with E-state index in [0.29, 0.717) is 11.7 Å². The number of carbonyl (C=O) groups excluding carboxylic acids is 1. The Morgan fingerprint density at radius 1 is 1.24 bits per heavy atom. The Morgan fingerprint density at radius 2 is 2.00 bits per heavy atom. The van der Waals surface area contributed by atoms with Crippen molar-refractivity contribution < 1.29 is 22.3 Å². The molecule has 1 aliphatic heterocycles. The maximum Gasteiger partial charge on any atom is 0.263 e. The Kier molecular flexibility index (Phi) is 7.01. The highest BCUT2D eigenvalue weighted by atomic mass is 35.5. The molecule has 8 nitrogen and oxygen atoms in total. The molecule has 3 aromatic rings. The topological polar surface area (TPSA) is 101 Å². The van der Waals surface area contributed by atoms with E-state index in [1.165, 1.54) is 29.7 Å². The van der Waals surface area contributed by atoms with Gasteiger partial charge in [0.25, 0.3) is 15.9 Å². The van der Waals surface area contributed by atoms with Gasteiger partial charge >= 0.3 is 0 Å². The van der Waals surface area contributed by atoms with Crippen LogP contribution < -0.4 is 19.7 Å². The number of halogens is 2. The zero-order chi connectivity index (χ0) is 23.4. The molecular weight excluding hydrogens is 491 g/mol. The minimum Gasteiger partial charge on any atom is -0.484 e. The number of nitrogens with zero attached hydrogens (tertiary/aromatic N) is 2. The lowest BCUT2D eigenvalue weighted by Crippen LogP contribution is -2.52. The average molecular weight is 511 g/mol. The number of benzene rings is 2. The van der Waals surface area contributed by atoms with Gasteiger partial charge in [0.2, 0.25) is 0 Å². The van der Waals surface area contributed by atoms with Gasteiger partial charge in [0.05, 0.1) is 9.92 Å². The van der Waals surface area contributed by atoms with Crippen LogP contribution in [0.1, 0.15) is 0 Å². The van der Waals surface area contributed by atoms with Gasteiger partial charge in [-0.2, -0.15) is 0 Å². The number of hydrogen-bond acceptors (Lipinski definition) is 7. The van der Waals surface area contributed by atoms with Gasteiger partial charge < -0.3 is 15.0 Å². The van der Waals surface area contributed by atoms with Crippen molar-refractivity contribution in [1.82, 2.24) is 10.3 Å². The van der Waals surface area contributed by atoms with E-state index in [1.54, 1.807) is 29.6 Å². The summed E-state index contributed by atoms with van der Waals surface area (Å²) >= 11 is 6.82. The summed E-state index contributed by atoms with van der Waals surface area (Å²) in [7, 11) is -3.68. The molecule has 4 rings (SSSR count). The van der Waals surface area contributed by atoms with E-state index in [4.69, 9.17) is 16.3 Å². The van der Waals surface area contributed by atoms with Gasteiger partial charge in [-0.3, -0.25) is 9.52 Å². The van der Waals surface area contributed by atoms with Crippen molar-refractivity contribution in [2.45, 2.75) is 4.90 Å². The number of anilines is 2. The largest absolute Gasteiger partial charge is 0.484 e. The molecule has 1 aromatic heterocycles. The highest BCUT2D eigenvalue weighted by Crippen LogP contribution is 2.26. The van der Waals surface area contributed by atoms with Crippen LogP contribution in [0, 0.1) is 11.7 Å². The third-order valence-corrected chi connectivity index (χ3v) is 7.45. The second-order valence-electron chi connectivity index (χ2n) is 7.38. The van der Waals surface area contributed by atoms with Crippen LogP contribution in [0.5, 0.6) is 5.75 Å². The number of sulfonamides is 1. The second-order valence-corrected chi connectivity index (χ2v) is 10.4. The summed E-state index contributed by atoms with van der Waals surface area (Å²) in [6.07, 6.45) is 1.53. The van der Waals surface area contributed by atoms with E-state index < -0.39 is 15.8 Å². The first-order valence-corrected chi connectivity index (χ1v) is 12.7. The smallest absolute Gasteiger partial charge is 0.263 e. The minimum absolute atomic E-state index is 0.00931. The highest BCUT2D eigenvalue weighted by molar-refractivity contribution is 7.93. The van der Waals surface area contributed by atoms with Crippen molar-refractivity contribution in [3.05, 3.63) is 64.9 Å². The monoisotopic (exact) mass is 510 g/mol. The van der Waals surface area contributed by atoms with Crippen molar-refractivity contribution >= 4 is 49.7 Å². The molecule has 1 saturated heterocycles. The normalized spacial score (nSPS) is 13.9. The average Bonchev–Trinajstić information content (AvgIpc) is 3.26. The van der Waals surface area contributed by atoms with Crippen LogP contribution in [0.3, 0.4) is 0 Å². The van der Waals surface area contributed by atoms with Crippen LogP contribution >= 0.6 is 22.9 Å². The second kappa shape index (κ2) is 9.94. The lowest BCUT2D eigenvalue weighted by Gasteiger charge is -2.41. The van der Waals surface area contributed by atoms with Crippen molar-refractivity contribution in [3.8, 4) is 5.75 Å².